The monoisotopic (exact) mass is 479 g/mol. The summed E-state index contributed by atoms with van der Waals surface area (Å²) in [6, 6.07) is 9.59. The van der Waals surface area contributed by atoms with Crippen molar-refractivity contribution in [2.75, 3.05) is 0 Å². The fraction of sp³-hybridized carbons (Fsp3) is 0.517. The second kappa shape index (κ2) is 10.5. The summed E-state index contributed by atoms with van der Waals surface area (Å²) < 4.78 is 6.05. The van der Waals surface area contributed by atoms with Gasteiger partial charge in [-0.25, -0.2) is 4.79 Å². The summed E-state index contributed by atoms with van der Waals surface area (Å²) in [7, 11) is 0. The van der Waals surface area contributed by atoms with Gasteiger partial charge in [-0.3, -0.25) is 4.79 Å². The van der Waals surface area contributed by atoms with Crippen LogP contribution in [0.3, 0.4) is 0 Å². The number of benzene rings is 1. The molecule has 35 heavy (non-hydrogen) atoms. The Morgan fingerprint density at radius 3 is 2.60 bits per heavy atom. The number of aliphatic hydroxyl groups excluding tert-OH is 2. The van der Waals surface area contributed by atoms with Crippen LogP contribution < -0.4 is 5.32 Å². The van der Waals surface area contributed by atoms with E-state index in [1.54, 1.807) is 0 Å². The molecule has 2 heterocycles. The van der Waals surface area contributed by atoms with Gasteiger partial charge in [-0.15, -0.1) is 0 Å². The van der Waals surface area contributed by atoms with E-state index in [-0.39, 0.29) is 17.9 Å². The molecule has 0 unspecified atom stereocenters. The highest BCUT2D eigenvalue weighted by molar-refractivity contribution is 5.94. The Kier molecular flexibility index (Phi) is 7.62. The van der Waals surface area contributed by atoms with Crippen LogP contribution in [0.25, 0.3) is 0 Å². The zero-order chi connectivity index (χ0) is 25.2. The van der Waals surface area contributed by atoms with Crippen molar-refractivity contribution >= 4 is 11.9 Å². The molecule has 8 atom stereocenters. The second-order valence-corrected chi connectivity index (χ2v) is 10.5. The summed E-state index contributed by atoms with van der Waals surface area (Å²) in [6.07, 6.45) is 8.39. The molecule has 3 aliphatic rings. The van der Waals surface area contributed by atoms with Crippen LogP contribution in [-0.4, -0.2) is 45.9 Å². The van der Waals surface area contributed by atoms with Gasteiger partial charge in [-0.05, 0) is 48.3 Å². The summed E-state index contributed by atoms with van der Waals surface area (Å²) in [4.78, 5) is 26.8. The molecule has 1 spiro atoms. The van der Waals surface area contributed by atoms with Crippen LogP contribution in [0.2, 0.25) is 0 Å². The standard InChI is InChI=1S/C29H37NO5/c1-18-9-7-13-22(31)15-16-25(32)35-29-23(14-8-10-18)27(33)20(3)19(2)26(29)24(30-28(29)34)17-21-11-5-4-6-12-21/h4-6,8,11-12,14-16,18-19,22-24,26-27,31,33H,3,7,9-10,13,17H2,1-2H3,(H,30,34)/b14-8+,16-15-/t18-,19-,22+,23+,24-,26+,27+,29+/m0/s1. The largest absolute Gasteiger partial charge is 0.445 e. The van der Waals surface area contributed by atoms with Gasteiger partial charge in [0, 0.05) is 18.0 Å². The quantitative estimate of drug-likeness (QED) is 0.446. The molecule has 2 aliphatic heterocycles. The van der Waals surface area contributed by atoms with E-state index < -0.39 is 35.6 Å². The van der Waals surface area contributed by atoms with E-state index in [9.17, 15) is 19.8 Å². The molecule has 1 aromatic rings. The lowest BCUT2D eigenvalue weighted by molar-refractivity contribution is -0.182. The molecule has 3 N–H and O–H groups in total. The van der Waals surface area contributed by atoms with Gasteiger partial charge in [-0.2, -0.15) is 0 Å². The van der Waals surface area contributed by atoms with E-state index in [4.69, 9.17) is 4.74 Å². The SMILES string of the molecule is C=C1[C@@H](O)[C@H]2/C=C/C[C@@H](C)CCC[C@@H](O)/C=C\C(=O)O[C@]23C(=O)N[C@@H](Cc2ccccc2)[C@H]3[C@H]1C. The van der Waals surface area contributed by atoms with Gasteiger partial charge in [0.2, 0.25) is 5.60 Å². The van der Waals surface area contributed by atoms with E-state index in [1.165, 1.54) is 12.2 Å². The van der Waals surface area contributed by atoms with Gasteiger partial charge in [0.15, 0.2) is 0 Å². The zero-order valence-corrected chi connectivity index (χ0v) is 20.6. The van der Waals surface area contributed by atoms with Crippen molar-refractivity contribution in [3.8, 4) is 0 Å². The van der Waals surface area contributed by atoms with Crippen LogP contribution in [0, 0.1) is 23.7 Å². The number of carbonyl (C=O) groups excluding carboxylic acids is 2. The van der Waals surface area contributed by atoms with Crippen molar-refractivity contribution in [2.45, 2.75) is 69.8 Å². The Morgan fingerprint density at radius 2 is 1.86 bits per heavy atom. The summed E-state index contributed by atoms with van der Waals surface area (Å²) in [6.45, 7) is 8.27. The third-order valence-corrected chi connectivity index (χ3v) is 8.04. The first kappa shape index (κ1) is 25.4. The lowest BCUT2D eigenvalue weighted by Crippen LogP contribution is -2.61. The number of hydrogen-bond donors (Lipinski definition) is 3. The van der Waals surface area contributed by atoms with E-state index >= 15 is 0 Å². The molecular formula is C29H37NO5. The third kappa shape index (κ3) is 5.00. The normalized spacial score (nSPS) is 40.0. The van der Waals surface area contributed by atoms with Gasteiger partial charge in [0.05, 0.1) is 18.1 Å². The molecule has 6 nitrogen and oxygen atoms in total. The molecular weight excluding hydrogens is 442 g/mol. The van der Waals surface area contributed by atoms with E-state index in [0.29, 0.717) is 24.3 Å². The lowest BCUT2D eigenvalue weighted by atomic mass is 9.59. The molecule has 188 valence electrons. The van der Waals surface area contributed by atoms with Crippen LogP contribution >= 0.6 is 0 Å². The van der Waals surface area contributed by atoms with Crippen LogP contribution in [0.1, 0.15) is 45.1 Å². The Hall–Kier alpha value is -2.70. The predicted octanol–water partition coefficient (Wildman–Crippen LogP) is 3.49. The number of rotatable bonds is 2. The van der Waals surface area contributed by atoms with Gasteiger partial charge < -0.3 is 20.3 Å². The molecule has 0 bridgehead atoms. The Balaban J connectivity index is 1.78. The molecule has 4 rings (SSSR count). The van der Waals surface area contributed by atoms with Crippen molar-refractivity contribution in [3.05, 3.63) is 72.4 Å². The van der Waals surface area contributed by atoms with E-state index in [1.807, 2.05) is 49.4 Å². The van der Waals surface area contributed by atoms with Gasteiger partial charge in [0.1, 0.15) is 0 Å². The number of ether oxygens (including phenoxy) is 1. The van der Waals surface area contributed by atoms with Crippen molar-refractivity contribution < 1.29 is 24.5 Å². The summed E-state index contributed by atoms with van der Waals surface area (Å²) in [5.41, 5.74) is 0.136. The van der Waals surface area contributed by atoms with Crippen molar-refractivity contribution in [2.24, 2.45) is 23.7 Å². The molecule has 1 saturated carbocycles. The maximum atomic E-state index is 13.7. The number of carbonyl (C=O) groups is 2. The van der Waals surface area contributed by atoms with Crippen LogP contribution in [0.15, 0.2) is 66.8 Å². The molecule has 1 saturated heterocycles. The first-order chi connectivity index (χ1) is 16.7. The molecule has 1 amide bonds. The number of hydrogen-bond acceptors (Lipinski definition) is 5. The fourth-order valence-corrected chi connectivity index (χ4v) is 6.09. The molecule has 0 aromatic heterocycles. The van der Waals surface area contributed by atoms with E-state index in [0.717, 1.165) is 24.8 Å². The highest BCUT2D eigenvalue weighted by Crippen LogP contribution is 2.52. The molecule has 1 aromatic carbocycles. The molecule has 6 heteroatoms. The van der Waals surface area contributed by atoms with Crippen LogP contribution in [0.5, 0.6) is 0 Å². The fourth-order valence-electron chi connectivity index (χ4n) is 6.09. The summed E-state index contributed by atoms with van der Waals surface area (Å²) >= 11 is 0. The topological polar surface area (TPSA) is 95.9 Å². The third-order valence-electron chi connectivity index (χ3n) is 8.04. The van der Waals surface area contributed by atoms with Crippen molar-refractivity contribution in [1.29, 1.82) is 0 Å². The smallest absolute Gasteiger partial charge is 0.331 e. The first-order valence-electron chi connectivity index (χ1n) is 12.7. The predicted molar refractivity (Wildman–Crippen MR) is 134 cm³/mol. The average Bonchev–Trinajstić information content (AvgIpc) is 3.09. The Labute approximate surface area is 207 Å². The highest BCUT2D eigenvalue weighted by atomic mass is 16.6. The van der Waals surface area contributed by atoms with Gasteiger partial charge in [0.25, 0.3) is 5.91 Å². The van der Waals surface area contributed by atoms with Crippen molar-refractivity contribution in [1.82, 2.24) is 5.32 Å². The Bertz CT molecular complexity index is 1000. The summed E-state index contributed by atoms with van der Waals surface area (Å²) in [5.74, 6) is -2.13. The maximum absolute atomic E-state index is 13.7. The molecule has 1 aliphatic carbocycles. The number of nitrogens with one attached hydrogen (secondary N) is 1. The van der Waals surface area contributed by atoms with Crippen LogP contribution in [0.4, 0.5) is 0 Å². The van der Waals surface area contributed by atoms with E-state index in [2.05, 4.69) is 18.8 Å². The first-order valence-corrected chi connectivity index (χ1v) is 12.7. The summed E-state index contributed by atoms with van der Waals surface area (Å²) in [5, 5.41) is 24.7. The number of aliphatic hydroxyl groups is 2. The minimum Gasteiger partial charge on any atom is -0.445 e. The zero-order valence-electron chi connectivity index (χ0n) is 20.6. The average molecular weight is 480 g/mol. The number of esters is 1. The second-order valence-electron chi connectivity index (χ2n) is 10.5. The minimum atomic E-state index is -1.57. The van der Waals surface area contributed by atoms with Gasteiger partial charge in [-0.1, -0.05) is 75.8 Å². The Morgan fingerprint density at radius 1 is 1.11 bits per heavy atom. The van der Waals surface area contributed by atoms with Gasteiger partial charge >= 0.3 is 5.97 Å². The minimum absolute atomic E-state index is 0.262. The van der Waals surface area contributed by atoms with Crippen molar-refractivity contribution in [3.63, 3.8) is 0 Å². The highest BCUT2D eigenvalue weighted by Gasteiger charge is 2.67. The number of amides is 1. The molecule has 2 fully saturated rings. The van der Waals surface area contributed by atoms with Crippen LogP contribution in [-0.2, 0) is 20.7 Å². The molecule has 0 radical (unpaired) electrons. The maximum Gasteiger partial charge on any atom is 0.331 e. The lowest BCUT2D eigenvalue weighted by Gasteiger charge is -2.49. The number of allylic oxidation sites excluding steroid dienone is 1.